The molecule has 5 heteroatoms. The summed E-state index contributed by atoms with van der Waals surface area (Å²) in [7, 11) is 0. The fourth-order valence-corrected chi connectivity index (χ4v) is 2.61. The molecule has 94 valence electrons. The van der Waals surface area contributed by atoms with Gasteiger partial charge >= 0.3 is 0 Å². The lowest BCUT2D eigenvalue weighted by Crippen LogP contribution is -2.44. The number of aliphatic hydroxyl groups is 1. The van der Waals surface area contributed by atoms with E-state index in [-0.39, 0.29) is 12.4 Å². The Morgan fingerprint density at radius 3 is 2.71 bits per heavy atom. The minimum atomic E-state index is -0.403. The van der Waals surface area contributed by atoms with Crippen LogP contribution >= 0.6 is 15.9 Å². The number of rotatable bonds is 3. The Hall–Kier alpha value is -0.680. The zero-order valence-corrected chi connectivity index (χ0v) is 11.1. The summed E-state index contributed by atoms with van der Waals surface area (Å²) in [4.78, 5) is 4.02. The Morgan fingerprint density at radius 1 is 1.41 bits per heavy atom. The molecule has 0 aliphatic heterocycles. The molecule has 0 amide bonds. The topological polar surface area (TPSA) is 45.1 Å². The molecular formula is C12H16BrFN2O. The first-order valence-electron chi connectivity index (χ1n) is 5.85. The van der Waals surface area contributed by atoms with Crippen molar-refractivity contribution in [1.82, 2.24) is 4.98 Å². The number of nitrogens with zero attached hydrogens (tertiary/aromatic N) is 1. The molecular weight excluding hydrogens is 287 g/mol. The highest BCUT2D eigenvalue weighted by Crippen LogP contribution is 2.31. The van der Waals surface area contributed by atoms with Gasteiger partial charge in [-0.1, -0.05) is 19.3 Å². The zero-order chi connectivity index (χ0) is 12.3. The Balaban J connectivity index is 2.17. The minimum absolute atomic E-state index is 0.0180. The molecule has 1 saturated carbocycles. The van der Waals surface area contributed by atoms with E-state index in [0.717, 1.165) is 25.7 Å². The first-order chi connectivity index (χ1) is 8.15. The van der Waals surface area contributed by atoms with Gasteiger partial charge in [-0.25, -0.2) is 9.37 Å². The molecule has 1 fully saturated rings. The smallest absolute Gasteiger partial charge is 0.166 e. The van der Waals surface area contributed by atoms with Gasteiger partial charge in [-0.05, 0) is 34.8 Å². The lowest BCUT2D eigenvalue weighted by molar-refractivity contribution is 0.172. The van der Waals surface area contributed by atoms with E-state index in [0.29, 0.717) is 4.47 Å². The summed E-state index contributed by atoms with van der Waals surface area (Å²) in [6.07, 6.45) is 6.58. The van der Waals surface area contributed by atoms with Crippen LogP contribution in [-0.2, 0) is 0 Å². The third-order valence-corrected chi connectivity index (χ3v) is 3.74. The van der Waals surface area contributed by atoms with Crippen LogP contribution in [0.5, 0.6) is 0 Å². The van der Waals surface area contributed by atoms with Crippen LogP contribution in [0.3, 0.4) is 0 Å². The summed E-state index contributed by atoms with van der Waals surface area (Å²) in [5.41, 5.74) is -0.403. The monoisotopic (exact) mass is 302 g/mol. The quantitative estimate of drug-likeness (QED) is 0.902. The fourth-order valence-electron chi connectivity index (χ4n) is 2.31. The molecule has 2 rings (SSSR count). The highest BCUT2D eigenvalue weighted by Gasteiger charge is 2.32. The van der Waals surface area contributed by atoms with Gasteiger partial charge in [0.05, 0.1) is 12.1 Å². The lowest BCUT2D eigenvalue weighted by Gasteiger charge is -2.37. The van der Waals surface area contributed by atoms with Gasteiger partial charge in [0.2, 0.25) is 0 Å². The van der Waals surface area contributed by atoms with E-state index in [1.54, 1.807) is 6.20 Å². The molecule has 0 saturated heterocycles. The summed E-state index contributed by atoms with van der Waals surface area (Å²) in [6, 6.07) is 1.38. The van der Waals surface area contributed by atoms with E-state index in [4.69, 9.17) is 0 Å². The molecule has 17 heavy (non-hydrogen) atoms. The van der Waals surface area contributed by atoms with Crippen molar-refractivity contribution >= 4 is 21.7 Å². The van der Waals surface area contributed by atoms with Crippen LogP contribution in [0.15, 0.2) is 16.7 Å². The summed E-state index contributed by atoms with van der Waals surface area (Å²) in [6.45, 7) is 0.0180. The average Bonchev–Trinajstić information content (AvgIpc) is 2.34. The van der Waals surface area contributed by atoms with Gasteiger partial charge in [-0.3, -0.25) is 0 Å². The average molecular weight is 303 g/mol. The molecule has 1 aliphatic carbocycles. The van der Waals surface area contributed by atoms with Crippen molar-refractivity contribution in [3.05, 3.63) is 22.6 Å². The van der Waals surface area contributed by atoms with E-state index in [2.05, 4.69) is 26.2 Å². The zero-order valence-electron chi connectivity index (χ0n) is 9.55. The van der Waals surface area contributed by atoms with Crippen LogP contribution in [-0.4, -0.2) is 22.2 Å². The van der Waals surface area contributed by atoms with Crippen LogP contribution in [0, 0.1) is 5.82 Å². The van der Waals surface area contributed by atoms with Crippen LogP contribution in [0.25, 0.3) is 0 Å². The first kappa shape index (κ1) is 12.8. The standard InChI is InChI=1S/C12H16BrFN2O/c13-9-6-10(14)11(15-7-9)16-12(8-17)4-2-1-3-5-12/h6-7,17H,1-5,8H2,(H,15,16). The molecule has 0 aromatic carbocycles. The second-order valence-corrected chi connectivity index (χ2v) is 5.52. The summed E-state index contributed by atoms with van der Waals surface area (Å²) >= 11 is 3.17. The van der Waals surface area contributed by atoms with Gasteiger partial charge in [-0.15, -0.1) is 0 Å². The van der Waals surface area contributed by atoms with E-state index in [1.165, 1.54) is 12.5 Å². The Labute approximate surface area is 109 Å². The highest BCUT2D eigenvalue weighted by atomic mass is 79.9. The van der Waals surface area contributed by atoms with Crippen LogP contribution in [0.4, 0.5) is 10.2 Å². The molecule has 3 nitrogen and oxygen atoms in total. The van der Waals surface area contributed by atoms with Crippen molar-refractivity contribution in [3.63, 3.8) is 0 Å². The van der Waals surface area contributed by atoms with E-state index in [9.17, 15) is 9.50 Å². The largest absolute Gasteiger partial charge is 0.394 e. The molecule has 1 aliphatic rings. The van der Waals surface area contributed by atoms with Crippen LogP contribution in [0.2, 0.25) is 0 Å². The van der Waals surface area contributed by atoms with Gasteiger partial charge in [0.25, 0.3) is 0 Å². The third kappa shape index (κ3) is 2.96. The second-order valence-electron chi connectivity index (χ2n) is 4.61. The maximum atomic E-state index is 13.7. The summed E-state index contributed by atoms with van der Waals surface area (Å²) in [5.74, 6) is -0.165. The molecule has 2 N–H and O–H groups in total. The van der Waals surface area contributed by atoms with E-state index in [1.807, 2.05) is 0 Å². The van der Waals surface area contributed by atoms with Crippen LogP contribution < -0.4 is 5.32 Å². The fraction of sp³-hybridized carbons (Fsp3) is 0.583. The van der Waals surface area contributed by atoms with Gasteiger partial charge < -0.3 is 10.4 Å². The van der Waals surface area contributed by atoms with Crippen molar-refractivity contribution in [2.75, 3.05) is 11.9 Å². The number of aliphatic hydroxyl groups excluding tert-OH is 1. The van der Waals surface area contributed by atoms with Crippen LogP contribution in [0.1, 0.15) is 32.1 Å². The Morgan fingerprint density at radius 2 is 2.12 bits per heavy atom. The minimum Gasteiger partial charge on any atom is -0.394 e. The number of nitrogens with one attached hydrogen (secondary N) is 1. The van der Waals surface area contributed by atoms with E-state index < -0.39 is 11.4 Å². The summed E-state index contributed by atoms with van der Waals surface area (Å²) in [5, 5.41) is 12.6. The van der Waals surface area contributed by atoms with Crippen molar-refractivity contribution < 1.29 is 9.50 Å². The Bertz CT molecular complexity index is 394. The number of aromatic nitrogens is 1. The maximum Gasteiger partial charge on any atom is 0.166 e. The molecule has 1 aromatic rings. The number of pyridine rings is 1. The molecule has 1 aromatic heterocycles. The van der Waals surface area contributed by atoms with Crippen molar-refractivity contribution in [2.24, 2.45) is 0 Å². The van der Waals surface area contributed by atoms with Crippen molar-refractivity contribution in [1.29, 1.82) is 0 Å². The van der Waals surface area contributed by atoms with Gasteiger partial charge in [0, 0.05) is 10.7 Å². The molecule has 0 spiro atoms. The third-order valence-electron chi connectivity index (χ3n) is 3.30. The number of halogens is 2. The molecule has 0 atom stereocenters. The van der Waals surface area contributed by atoms with Gasteiger partial charge in [0.15, 0.2) is 11.6 Å². The lowest BCUT2D eigenvalue weighted by atomic mass is 9.82. The molecule has 1 heterocycles. The van der Waals surface area contributed by atoms with Gasteiger partial charge in [-0.2, -0.15) is 0 Å². The normalized spacial score (nSPS) is 19.0. The molecule has 0 unspecified atom stereocenters. The Kier molecular flexibility index (Phi) is 3.99. The second kappa shape index (κ2) is 5.31. The number of hydrogen-bond donors (Lipinski definition) is 2. The molecule has 0 bridgehead atoms. The summed E-state index contributed by atoms with van der Waals surface area (Å²) < 4.78 is 14.3. The predicted molar refractivity (Wildman–Crippen MR) is 68.4 cm³/mol. The predicted octanol–water partition coefficient (Wildman–Crippen LogP) is 3.09. The SMILES string of the molecule is OCC1(Nc2ncc(Br)cc2F)CCCCC1. The maximum absolute atomic E-state index is 13.7. The molecule has 0 radical (unpaired) electrons. The van der Waals surface area contributed by atoms with Crippen molar-refractivity contribution in [2.45, 2.75) is 37.6 Å². The number of hydrogen-bond acceptors (Lipinski definition) is 3. The number of anilines is 1. The highest BCUT2D eigenvalue weighted by molar-refractivity contribution is 9.10. The van der Waals surface area contributed by atoms with Gasteiger partial charge in [0.1, 0.15) is 0 Å². The van der Waals surface area contributed by atoms with E-state index >= 15 is 0 Å². The first-order valence-corrected chi connectivity index (χ1v) is 6.65. The van der Waals surface area contributed by atoms with Crippen molar-refractivity contribution in [3.8, 4) is 0 Å².